The molecule has 1 amide bonds. The van der Waals surface area contributed by atoms with Crippen LogP contribution in [0, 0.1) is 0 Å². The van der Waals surface area contributed by atoms with Crippen molar-refractivity contribution in [2.45, 2.75) is 13.0 Å². The van der Waals surface area contributed by atoms with Crippen molar-refractivity contribution in [1.29, 1.82) is 0 Å². The fraction of sp³-hybridized carbons (Fsp3) is 0.280. The van der Waals surface area contributed by atoms with Crippen LogP contribution >= 0.6 is 0 Å². The van der Waals surface area contributed by atoms with E-state index in [1.807, 2.05) is 41.4 Å². The first-order valence-corrected chi connectivity index (χ1v) is 10.7. The van der Waals surface area contributed by atoms with Crippen LogP contribution in [0.25, 0.3) is 10.8 Å². The summed E-state index contributed by atoms with van der Waals surface area (Å²) in [6.07, 6.45) is 4.18. The molecule has 3 aromatic rings. The lowest BCUT2D eigenvalue weighted by Crippen LogP contribution is -2.48. The molecular weight excluding hydrogens is 388 g/mol. The number of fused-ring (bicyclic) bond motifs is 2. The number of carbonyl (C=O) groups excluding carboxylic acids is 1. The van der Waals surface area contributed by atoms with Crippen LogP contribution in [-0.4, -0.2) is 53.6 Å². The Morgan fingerprint density at radius 1 is 1.00 bits per heavy atom. The highest BCUT2D eigenvalue weighted by Crippen LogP contribution is 2.36. The number of rotatable bonds is 3. The molecule has 6 nitrogen and oxygen atoms in total. The first-order chi connectivity index (χ1) is 15.1. The molecule has 1 aromatic heterocycles. The summed E-state index contributed by atoms with van der Waals surface area (Å²) in [4.78, 5) is 23.1. The predicted molar refractivity (Wildman–Crippen MR) is 124 cm³/mol. The molecule has 1 fully saturated rings. The first kappa shape index (κ1) is 19.4. The Kier molecular flexibility index (Phi) is 4.98. The summed E-state index contributed by atoms with van der Waals surface area (Å²) in [6.45, 7) is 8.23. The molecule has 5 rings (SSSR count). The van der Waals surface area contributed by atoms with Gasteiger partial charge in [0.2, 0.25) is 5.91 Å². The third-order valence-corrected chi connectivity index (χ3v) is 6.36. The second kappa shape index (κ2) is 7.95. The van der Waals surface area contributed by atoms with Gasteiger partial charge in [-0.1, -0.05) is 30.8 Å². The molecule has 31 heavy (non-hydrogen) atoms. The van der Waals surface area contributed by atoms with E-state index in [1.165, 1.54) is 17.3 Å². The highest BCUT2D eigenvalue weighted by molar-refractivity contribution is 5.95. The maximum Gasteiger partial charge on any atom is 0.246 e. The second-order valence-electron chi connectivity index (χ2n) is 8.13. The Hall–Kier alpha value is -3.54. The Labute approximate surface area is 182 Å². The van der Waals surface area contributed by atoms with Crippen LogP contribution in [0.1, 0.15) is 11.3 Å². The van der Waals surface area contributed by atoms with E-state index < -0.39 is 0 Å². The van der Waals surface area contributed by atoms with Gasteiger partial charge >= 0.3 is 0 Å². The standard InChI is InChI=1S/C25H26N4O2/c1-2-25(31)28-13-11-27(12-14-28)23-7-9-26-22-17-29(10-8-21(22)23)24-16-19(30)15-18-5-3-4-6-20(18)24/h2-7,9,15-16,30H,1,8,10-14,17H2. The number of aromatic hydroxyl groups is 1. The summed E-state index contributed by atoms with van der Waals surface area (Å²) in [5, 5.41) is 12.4. The summed E-state index contributed by atoms with van der Waals surface area (Å²) in [5.74, 6) is 0.290. The fourth-order valence-electron chi connectivity index (χ4n) is 4.77. The molecule has 1 saturated heterocycles. The minimum Gasteiger partial charge on any atom is -0.508 e. The average molecular weight is 415 g/mol. The Morgan fingerprint density at radius 3 is 2.61 bits per heavy atom. The number of anilines is 2. The van der Waals surface area contributed by atoms with Crippen molar-refractivity contribution in [1.82, 2.24) is 9.88 Å². The molecule has 6 heteroatoms. The molecule has 0 aliphatic carbocycles. The highest BCUT2D eigenvalue weighted by Gasteiger charge is 2.26. The van der Waals surface area contributed by atoms with Gasteiger partial charge in [0.25, 0.3) is 0 Å². The molecule has 0 atom stereocenters. The van der Waals surface area contributed by atoms with Crippen molar-refractivity contribution >= 4 is 28.1 Å². The minimum absolute atomic E-state index is 0.00499. The second-order valence-corrected chi connectivity index (χ2v) is 8.13. The monoisotopic (exact) mass is 414 g/mol. The van der Waals surface area contributed by atoms with Gasteiger partial charge in [0.15, 0.2) is 0 Å². The average Bonchev–Trinajstić information content (AvgIpc) is 2.82. The number of amides is 1. The van der Waals surface area contributed by atoms with E-state index in [0.29, 0.717) is 19.6 Å². The quantitative estimate of drug-likeness (QED) is 0.666. The third kappa shape index (κ3) is 3.58. The Morgan fingerprint density at radius 2 is 1.81 bits per heavy atom. The van der Waals surface area contributed by atoms with Crippen molar-refractivity contribution < 1.29 is 9.90 Å². The number of hydrogen-bond donors (Lipinski definition) is 1. The summed E-state index contributed by atoms with van der Waals surface area (Å²) in [7, 11) is 0. The minimum atomic E-state index is 0.00499. The SMILES string of the molecule is C=CC(=O)N1CCN(c2ccnc3c2CCN(c2cc(O)cc4ccccc24)C3)CC1. The van der Waals surface area contributed by atoms with Crippen LogP contribution < -0.4 is 9.80 Å². The molecule has 158 valence electrons. The molecular formula is C25H26N4O2. The molecule has 2 aromatic carbocycles. The van der Waals surface area contributed by atoms with Crippen LogP contribution in [0.2, 0.25) is 0 Å². The molecule has 1 N–H and O–H groups in total. The van der Waals surface area contributed by atoms with Crippen molar-refractivity contribution in [3.63, 3.8) is 0 Å². The predicted octanol–water partition coefficient (Wildman–Crippen LogP) is 3.34. The lowest BCUT2D eigenvalue weighted by molar-refractivity contribution is -0.126. The zero-order valence-corrected chi connectivity index (χ0v) is 17.5. The normalized spacial score (nSPS) is 16.3. The van der Waals surface area contributed by atoms with Gasteiger partial charge in [-0.15, -0.1) is 0 Å². The van der Waals surface area contributed by atoms with E-state index in [2.05, 4.69) is 28.5 Å². The Bertz CT molecular complexity index is 1150. The van der Waals surface area contributed by atoms with E-state index in [-0.39, 0.29) is 11.7 Å². The number of hydrogen-bond acceptors (Lipinski definition) is 5. The third-order valence-electron chi connectivity index (χ3n) is 6.36. The maximum absolute atomic E-state index is 11.9. The molecule has 0 spiro atoms. The number of piperazine rings is 1. The van der Waals surface area contributed by atoms with Crippen LogP contribution in [-0.2, 0) is 17.8 Å². The topological polar surface area (TPSA) is 59.9 Å². The van der Waals surface area contributed by atoms with Gasteiger partial charge in [0.1, 0.15) is 5.75 Å². The smallest absolute Gasteiger partial charge is 0.246 e. The molecule has 0 bridgehead atoms. The van der Waals surface area contributed by atoms with Gasteiger partial charge in [0, 0.05) is 67.3 Å². The number of benzene rings is 2. The van der Waals surface area contributed by atoms with Gasteiger partial charge in [-0.2, -0.15) is 0 Å². The number of pyridine rings is 1. The lowest BCUT2D eigenvalue weighted by Gasteiger charge is -2.38. The van der Waals surface area contributed by atoms with E-state index in [9.17, 15) is 9.90 Å². The van der Waals surface area contributed by atoms with E-state index >= 15 is 0 Å². The summed E-state index contributed by atoms with van der Waals surface area (Å²) in [6, 6.07) is 13.9. The van der Waals surface area contributed by atoms with Gasteiger partial charge in [0.05, 0.1) is 12.2 Å². The van der Waals surface area contributed by atoms with E-state index in [1.54, 1.807) is 0 Å². The van der Waals surface area contributed by atoms with E-state index in [0.717, 1.165) is 48.2 Å². The van der Waals surface area contributed by atoms with Crippen molar-refractivity contribution in [2.75, 3.05) is 42.5 Å². The summed E-state index contributed by atoms with van der Waals surface area (Å²) >= 11 is 0. The Balaban J connectivity index is 1.40. The molecule has 3 heterocycles. The van der Waals surface area contributed by atoms with Crippen LogP contribution in [0.5, 0.6) is 5.75 Å². The summed E-state index contributed by atoms with van der Waals surface area (Å²) in [5.41, 5.74) is 4.66. The maximum atomic E-state index is 11.9. The van der Waals surface area contributed by atoms with Gasteiger partial charge < -0.3 is 19.8 Å². The van der Waals surface area contributed by atoms with Gasteiger partial charge in [-0.05, 0) is 30.0 Å². The molecule has 0 radical (unpaired) electrons. The van der Waals surface area contributed by atoms with Gasteiger partial charge in [-0.25, -0.2) is 0 Å². The van der Waals surface area contributed by atoms with Crippen LogP contribution in [0.4, 0.5) is 11.4 Å². The molecule has 2 aliphatic rings. The lowest BCUT2D eigenvalue weighted by atomic mass is 9.99. The number of carbonyl (C=O) groups is 1. The summed E-state index contributed by atoms with van der Waals surface area (Å²) < 4.78 is 0. The van der Waals surface area contributed by atoms with Crippen LogP contribution in [0.15, 0.2) is 61.3 Å². The number of phenols is 1. The zero-order chi connectivity index (χ0) is 21.4. The van der Waals surface area contributed by atoms with Gasteiger partial charge in [-0.3, -0.25) is 9.78 Å². The van der Waals surface area contributed by atoms with Crippen molar-refractivity contribution in [2.24, 2.45) is 0 Å². The molecule has 2 aliphatic heterocycles. The highest BCUT2D eigenvalue weighted by atomic mass is 16.3. The largest absolute Gasteiger partial charge is 0.508 e. The van der Waals surface area contributed by atoms with Crippen molar-refractivity contribution in [3.8, 4) is 5.75 Å². The number of phenolic OH excluding ortho intramolecular Hbond substituents is 1. The van der Waals surface area contributed by atoms with E-state index in [4.69, 9.17) is 4.98 Å². The number of nitrogens with zero attached hydrogens (tertiary/aromatic N) is 4. The zero-order valence-electron chi connectivity index (χ0n) is 17.5. The van der Waals surface area contributed by atoms with Crippen LogP contribution in [0.3, 0.4) is 0 Å². The number of aromatic nitrogens is 1. The molecule has 0 unspecified atom stereocenters. The fourth-order valence-corrected chi connectivity index (χ4v) is 4.77. The first-order valence-electron chi connectivity index (χ1n) is 10.7. The van der Waals surface area contributed by atoms with Crippen molar-refractivity contribution in [3.05, 3.63) is 72.6 Å². The molecule has 0 saturated carbocycles.